The fourth-order valence-corrected chi connectivity index (χ4v) is 1.99. The number of ether oxygens (including phenoxy) is 1. The molecule has 0 bridgehead atoms. The third-order valence-corrected chi connectivity index (χ3v) is 2.56. The van der Waals surface area contributed by atoms with Gasteiger partial charge in [0.15, 0.2) is 5.78 Å². The van der Waals surface area contributed by atoms with Gasteiger partial charge in [-0.3, -0.25) is 4.79 Å². The standard InChI is InChI=1S/C11H11ClO2/c1-6-3-8-10(13)5-7(2)14-11(8)9(12)4-6/h3-4,7H,5H2,1-2H3. The second kappa shape index (κ2) is 3.28. The fourth-order valence-electron chi connectivity index (χ4n) is 1.67. The normalized spacial score (nSPS) is 20.2. The average molecular weight is 211 g/mol. The molecule has 0 spiro atoms. The van der Waals surface area contributed by atoms with Crippen LogP contribution in [0.5, 0.6) is 5.75 Å². The summed E-state index contributed by atoms with van der Waals surface area (Å²) in [6.45, 7) is 3.79. The molecule has 0 saturated carbocycles. The molecule has 1 heterocycles. The zero-order valence-corrected chi connectivity index (χ0v) is 8.89. The summed E-state index contributed by atoms with van der Waals surface area (Å²) in [6.07, 6.45) is 0.363. The summed E-state index contributed by atoms with van der Waals surface area (Å²) >= 11 is 6.00. The van der Waals surface area contributed by atoms with Crippen molar-refractivity contribution in [3.05, 3.63) is 28.3 Å². The van der Waals surface area contributed by atoms with Crippen LogP contribution in [0.1, 0.15) is 29.3 Å². The summed E-state index contributed by atoms with van der Waals surface area (Å²) in [7, 11) is 0. The number of carbonyl (C=O) groups excluding carboxylic acids is 1. The van der Waals surface area contributed by atoms with E-state index in [9.17, 15) is 4.79 Å². The van der Waals surface area contributed by atoms with Crippen LogP contribution in [0, 0.1) is 6.92 Å². The Morgan fingerprint density at radius 1 is 1.50 bits per heavy atom. The van der Waals surface area contributed by atoms with Crippen molar-refractivity contribution in [1.29, 1.82) is 0 Å². The molecular formula is C11H11ClO2. The number of halogens is 1. The predicted molar refractivity (Wildman–Crippen MR) is 55.2 cm³/mol. The lowest BCUT2D eigenvalue weighted by molar-refractivity contribution is 0.0871. The quantitative estimate of drug-likeness (QED) is 0.658. The van der Waals surface area contributed by atoms with Crippen molar-refractivity contribution in [2.24, 2.45) is 0 Å². The maximum Gasteiger partial charge on any atom is 0.170 e. The van der Waals surface area contributed by atoms with E-state index in [1.54, 1.807) is 0 Å². The summed E-state index contributed by atoms with van der Waals surface area (Å²) in [5.41, 5.74) is 1.60. The van der Waals surface area contributed by atoms with E-state index in [0.717, 1.165) is 5.56 Å². The Morgan fingerprint density at radius 3 is 2.93 bits per heavy atom. The smallest absolute Gasteiger partial charge is 0.170 e. The third kappa shape index (κ3) is 1.50. The highest BCUT2D eigenvalue weighted by atomic mass is 35.5. The number of hydrogen-bond acceptors (Lipinski definition) is 2. The van der Waals surface area contributed by atoms with Crippen LogP contribution in [-0.4, -0.2) is 11.9 Å². The molecule has 74 valence electrons. The van der Waals surface area contributed by atoms with Crippen LogP contribution in [0.3, 0.4) is 0 Å². The lowest BCUT2D eigenvalue weighted by atomic mass is 9.99. The van der Waals surface area contributed by atoms with Crippen LogP contribution in [0.4, 0.5) is 0 Å². The zero-order valence-electron chi connectivity index (χ0n) is 8.13. The molecule has 1 aliphatic rings. The molecule has 2 rings (SSSR count). The number of rotatable bonds is 0. The first kappa shape index (κ1) is 9.53. The maximum absolute atomic E-state index is 11.7. The number of fused-ring (bicyclic) bond motifs is 1. The Balaban J connectivity index is 2.59. The van der Waals surface area contributed by atoms with Crippen molar-refractivity contribution >= 4 is 17.4 Å². The molecule has 0 aromatic heterocycles. The molecule has 0 saturated heterocycles. The Morgan fingerprint density at radius 2 is 2.21 bits per heavy atom. The molecular weight excluding hydrogens is 200 g/mol. The van der Waals surface area contributed by atoms with Crippen LogP contribution in [0.15, 0.2) is 12.1 Å². The topological polar surface area (TPSA) is 26.3 Å². The molecule has 0 radical (unpaired) electrons. The van der Waals surface area contributed by atoms with Gasteiger partial charge in [0, 0.05) is 6.42 Å². The van der Waals surface area contributed by atoms with Gasteiger partial charge in [-0.15, -0.1) is 0 Å². The van der Waals surface area contributed by atoms with E-state index in [4.69, 9.17) is 16.3 Å². The number of carbonyl (C=O) groups is 1. The molecule has 14 heavy (non-hydrogen) atoms. The van der Waals surface area contributed by atoms with Gasteiger partial charge in [-0.05, 0) is 31.5 Å². The molecule has 0 aliphatic carbocycles. The minimum absolute atomic E-state index is 0.0739. The highest BCUT2D eigenvalue weighted by molar-refractivity contribution is 6.33. The maximum atomic E-state index is 11.7. The number of aryl methyl sites for hydroxylation is 1. The first-order valence-electron chi connectivity index (χ1n) is 4.58. The summed E-state index contributed by atoms with van der Waals surface area (Å²) in [4.78, 5) is 11.7. The second-order valence-corrected chi connectivity index (χ2v) is 4.09. The van der Waals surface area contributed by atoms with Crippen LogP contribution in [0.25, 0.3) is 0 Å². The van der Waals surface area contributed by atoms with Crippen LogP contribution >= 0.6 is 11.6 Å². The SMILES string of the molecule is Cc1cc(Cl)c2c(c1)C(=O)CC(C)O2. The van der Waals surface area contributed by atoms with Gasteiger partial charge in [0.1, 0.15) is 11.9 Å². The first-order valence-corrected chi connectivity index (χ1v) is 4.95. The largest absolute Gasteiger partial charge is 0.488 e. The van der Waals surface area contributed by atoms with Crippen molar-refractivity contribution in [3.63, 3.8) is 0 Å². The number of hydrogen-bond donors (Lipinski definition) is 0. The average Bonchev–Trinajstić information content (AvgIpc) is 2.07. The molecule has 3 heteroatoms. The summed E-state index contributed by atoms with van der Waals surface area (Å²) in [5.74, 6) is 0.658. The van der Waals surface area contributed by atoms with Crippen molar-refractivity contribution in [2.45, 2.75) is 26.4 Å². The lowest BCUT2D eigenvalue weighted by Gasteiger charge is -2.23. The Hall–Kier alpha value is -1.02. The molecule has 1 atom stereocenters. The number of Topliss-reactive ketones (excluding diaryl/α,β-unsaturated/α-hetero) is 1. The van der Waals surface area contributed by atoms with Gasteiger partial charge >= 0.3 is 0 Å². The highest BCUT2D eigenvalue weighted by Crippen LogP contribution is 2.35. The predicted octanol–water partition coefficient (Wildman–Crippen LogP) is 3.00. The Kier molecular flexibility index (Phi) is 2.23. The second-order valence-electron chi connectivity index (χ2n) is 3.68. The van der Waals surface area contributed by atoms with E-state index < -0.39 is 0 Å². The van der Waals surface area contributed by atoms with Gasteiger partial charge in [0.2, 0.25) is 0 Å². The summed E-state index contributed by atoms with van der Waals surface area (Å²) in [6, 6.07) is 3.64. The van der Waals surface area contributed by atoms with Gasteiger partial charge in [0.25, 0.3) is 0 Å². The van der Waals surface area contributed by atoms with Gasteiger partial charge in [0.05, 0.1) is 10.6 Å². The Labute approximate surface area is 87.8 Å². The van der Waals surface area contributed by atoms with Gasteiger partial charge in [-0.25, -0.2) is 0 Å². The van der Waals surface area contributed by atoms with E-state index in [-0.39, 0.29) is 11.9 Å². The minimum Gasteiger partial charge on any atom is -0.488 e. The molecule has 1 unspecified atom stereocenters. The van der Waals surface area contributed by atoms with Gasteiger partial charge < -0.3 is 4.74 Å². The fraction of sp³-hybridized carbons (Fsp3) is 0.364. The molecule has 0 N–H and O–H groups in total. The van der Waals surface area contributed by atoms with E-state index in [1.165, 1.54) is 0 Å². The number of ketones is 1. The molecule has 2 nitrogen and oxygen atoms in total. The summed E-state index contributed by atoms with van der Waals surface area (Å²) in [5, 5.41) is 0.528. The third-order valence-electron chi connectivity index (χ3n) is 2.28. The molecule has 1 aromatic rings. The van der Waals surface area contributed by atoms with Crippen molar-refractivity contribution in [3.8, 4) is 5.75 Å². The van der Waals surface area contributed by atoms with Crippen molar-refractivity contribution in [2.75, 3.05) is 0 Å². The van der Waals surface area contributed by atoms with Gasteiger partial charge in [-0.1, -0.05) is 11.6 Å². The van der Waals surface area contributed by atoms with Crippen molar-refractivity contribution in [1.82, 2.24) is 0 Å². The minimum atomic E-state index is -0.0739. The molecule has 0 amide bonds. The molecule has 1 aliphatic heterocycles. The van der Waals surface area contributed by atoms with Gasteiger partial charge in [-0.2, -0.15) is 0 Å². The lowest BCUT2D eigenvalue weighted by Crippen LogP contribution is -2.24. The molecule has 0 fully saturated rings. The van der Waals surface area contributed by atoms with Crippen LogP contribution < -0.4 is 4.74 Å². The van der Waals surface area contributed by atoms with E-state index in [0.29, 0.717) is 22.8 Å². The van der Waals surface area contributed by atoms with Crippen molar-refractivity contribution < 1.29 is 9.53 Å². The highest BCUT2D eigenvalue weighted by Gasteiger charge is 2.25. The van der Waals surface area contributed by atoms with E-state index in [1.807, 2.05) is 26.0 Å². The Bertz CT molecular complexity index is 399. The summed E-state index contributed by atoms with van der Waals surface area (Å²) < 4.78 is 5.54. The van der Waals surface area contributed by atoms with E-state index in [2.05, 4.69) is 0 Å². The monoisotopic (exact) mass is 210 g/mol. The molecule has 1 aromatic carbocycles. The zero-order chi connectivity index (χ0) is 10.3. The number of benzene rings is 1. The van der Waals surface area contributed by atoms with Crippen LogP contribution in [0.2, 0.25) is 5.02 Å². The van der Waals surface area contributed by atoms with E-state index >= 15 is 0 Å². The first-order chi connectivity index (χ1) is 6.58. The van der Waals surface area contributed by atoms with Crippen LogP contribution in [-0.2, 0) is 0 Å².